The van der Waals surface area contributed by atoms with Crippen molar-refractivity contribution in [1.82, 2.24) is 9.55 Å². The molecule has 0 radical (unpaired) electrons. The van der Waals surface area contributed by atoms with Gasteiger partial charge in [-0.2, -0.15) is 0 Å². The van der Waals surface area contributed by atoms with Crippen LogP contribution in [-0.2, 0) is 6.54 Å². The van der Waals surface area contributed by atoms with Crippen LogP contribution in [0.25, 0.3) is 31.9 Å². The van der Waals surface area contributed by atoms with Crippen LogP contribution < -0.4 is 0 Å². The molecule has 96 valence electrons. The maximum Gasteiger partial charge on any atom is 0.0958 e. The lowest BCUT2D eigenvalue weighted by Gasteiger charge is -2.22. The molecule has 1 aromatic heterocycles. The van der Waals surface area contributed by atoms with E-state index in [1.54, 1.807) is 13.3 Å². The first-order chi connectivity index (χ1) is 9.18. The predicted octanol–water partition coefficient (Wildman–Crippen LogP) is 3.42. The molecular formula is C11H12N8. The Hall–Kier alpha value is -2.69. The van der Waals surface area contributed by atoms with Gasteiger partial charge in [-0.25, -0.2) is 4.98 Å². The van der Waals surface area contributed by atoms with E-state index in [0.29, 0.717) is 6.54 Å². The van der Waals surface area contributed by atoms with Gasteiger partial charge in [-0.15, -0.1) is 0 Å². The van der Waals surface area contributed by atoms with E-state index in [2.05, 4.69) is 25.0 Å². The third kappa shape index (κ3) is 2.77. The van der Waals surface area contributed by atoms with Crippen LogP contribution in [-0.4, -0.2) is 21.6 Å². The first kappa shape index (κ1) is 12.8. The zero-order valence-electron chi connectivity index (χ0n) is 10.4. The van der Waals surface area contributed by atoms with Gasteiger partial charge >= 0.3 is 0 Å². The fourth-order valence-corrected chi connectivity index (χ4v) is 1.91. The van der Waals surface area contributed by atoms with E-state index in [1.165, 1.54) is 0 Å². The molecule has 8 heteroatoms. The highest BCUT2D eigenvalue weighted by molar-refractivity contribution is 5.74. The minimum Gasteiger partial charge on any atom is -0.330 e. The summed E-state index contributed by atoms with van der Waals surface area (Å²) in [5, 5.41) is 7.25. The first-order valence-electron chi connectivity index (χ1n) is 5.65. The number of para-hydroxylation sites is 2. The molecule has 0 saturated carbocycles. The lowest BCUT2D eigenvalue weighted by Crippen LogP contribution is -2.31. The van der Waals surface area contributed by atoms with Gasteiger partial charge in [-0.3, -0.25) is 0 Å². The Morgan fingerprint density at radius 3 is 2.84 bits per heavy atom. The molecule has 19 heavy (non-hydrogen) atoms. The van der Waals surface area contributed by atoms with Crippen molar-refractivity contribution in [3.05, 3.63) is 51.5 Å². The highest BCUT2D eigenvalue weighted by atomic mass is 15.2. The van der Waals surface area contributed by atoms with Crippen LogP contribution in [0.5, 0.6) is 0 Å². The Balaban J connectivity index is 2.36. The van der Waals surface area contributed by atoms with Gasteiger partial charge in [-0.1, -0.05) is 29.3 Å². The van der Waals surface area contributed by atoms with Gasteiger partial charge < -0.3 is 4.57 Å². The summed E-state index contributed by atoms with van der Waals surface area (Å²) >= 11 is 0. The van der Waals surface area contributed by atoms with Crippen LogP contribution in [0.3, 0.4) is 0 Å². The van der Waals surface area contributed by atoms with Crippen LogP contribution in [0.4, 0.5) is 0 Å². The maximum atomic E-state index is 8.64. The number of hydrogen-bond acceptors (Lipinski definition) is 3. The molecule has 0 amide bonds. The van der Waals surface area contributed by atoms with Gasteiger partial charge in [0.25, 0.3) is 0 Å². The summed E-state index contributed by atoms with van der Waals surface area (Å²) in [5.74, 6) is 0. The summed E-state index contributed by atoms with van der Waals surface area (Å²) in [7, 11) is 0. The summed E-state index contributed by atoms with van der Waals surface area (Å²) in [6, 6.07) is 7.67. The minimum absolute atomic E-state index is 0.0973. The van der Waals surface area contributed by atoms with Gasteiger partial charge in [0, 0.05) is 22.9 Å². The number of fused-ring (bicyclic) bond motifs is 1. The Labute approximate surface area is 108 Å². The average Bonchev–Trinajstić information content (AvgIpc) is 2.80. The van der Waals surface area contributed by atoms with E-state index in [0.717, 1.165) is 11.0 Å². The van der Waals surface area contributed by atoms with Crippen molar-refractivity contribution in [3.8, 4) is 0 Å². The van der Waals surface area contributed by atoms with Crippen LogP contribution in [0.1, 0.15) is 6.92 Å². The van der Waals surface area contributed by atoms with Crippen molar-refractivity contribution in [2.75, 3.05) is 6.54 Å². The lowest BCUT2D eigenvalue weighted by molar-refractivity contribution is 0.410. The van der Waals surface area contributed by atoms with Crippen LogP contribution in [0.2, 0.25) is 0 Å². The fraction of sp³-hybridized carbons (Fsp3) is 0.364. The van der Waals surface area contributed by atoms with Crippen molar-refractivity contribution in [2.45, 2.75) is 19.0 Å². The van der Waals surface area contributed by atoms with Gasteiger partial charge in [0.05, 0.1) is 22.9 Å². The summed E-state index contributed by atoms with van der Waals surface area (Å²) in [6.07, 6.45) is 1.69. The SMILES string of the molecule is CC(CN=[N+]=[N-])(Cn1cnc2ccccc21)N=[N+]=[N-]. The minimum atomic E-state index is -0.815. The molecule has 2 rings (SSSR count). The Bertz CT molecular complexity index is 677. The number of aromatic nitrogens is 2. The smallest absolute Gasteiger partial charge is 0.0958 e. The van der Waals surface area contributed by atoms with E-state index >= 15 is 0 Å². The summed E-state index contributed by atoms with van der Waals surface area (Å²) in [6.45, 7) is 2.24. The molecule has 0 aliphatic heterocycles. The zero-order valence-corrected chi connectivity index (χ0v) is 10.4. The molecule has 0 fully saturated rings. The molecule has 8 nitrogen and oxygen atoms in total. The normalized spacial score (nSPS) is 13.3. The number of imidazole rings is 1. The number of azide groups is 2. The van der Waals surface area contributed by atoms with E-state index in [-0.39, 0.29) is 6.54 Å². The highest BCUT2D eigenvalue weighted by Crippen LogP contribution is 2.19. The predicted molar refractivity (Wildman–Crippen MR) is 71.3 cm³/mol. The zero-order chi connectivity index (χ0) is 13.7. The van der Waals surface area contributed by atoms with Crippen molar-refractivity contribution in [2.24, 2.45) is 10.2 Å². The first-order valence-corrected chi connectivity index (χ1v) is 5.65. The van der Waals surface area contributed by atoms with Crippen molar-refractivity contribution < 1.29 is 0 Å². The highest BCUT2D eigenvalue weighted by Gasteiger charge is 2.23. The Morgan fingerprint density at radius 2 is 2.11 bits per heavy atom. The monoisotopic (exact) mass is 256 g/mol. The largest absolute Gasteiger partial charge is 0.330 e. The van der Waals surface area contributed by atoms with E-state index in [9.17, 15) is 0 Å². The summed E-state index contributed by atoms with van der Waals surface area (Å²) in [5.41, 5.74) is 18.0. The molecule has 0 spiro atoms. The summed E-state index contributed by atoms with van der Waals surface area (Å²) in [4.78, 5) is 9.81. The van der Waals surface area contributed by atoms with Crippen molar-refractivity contribution in [3.63, 3.8) is 0 Å². The second-order valence-corrected chi connectivity index (χ2v) is 4.44. The molecule has 0 bridgehead atoms. The topological polar surface area (TPSA) is 115 Å². The van der Waals surface area contributed by atoms with Crippen LogP contribution >= 0.6 is 0 Å². The molecule has 2 aromatic rings. The van der Waals surface area contributed by atoms with E-state index < -0.39 is 5.54 Å². The molecule has 0 saturated heterocycles. The molecule has 0 aliphatic carbocycles. The van der Waals surface area contributed by atoms with Gasteiger partial charge in [-0.05, 0) is 23.2 Å². The molecule has 1 heterocycles. The number of nitrogens with zero attached hydrogens (tertiary/aromatic N) is 8. The van der Waals surface area contributed by atoms with Crippen molar-refractivity contribution >= 4 is 11.0 Å². The van der Waals surface area contributed by atoms with Crippen LogP contribution in [0.15, 0.2) is 40.8 Å². The number of hydrogen-bond donors (Lipinski definition) is 0. The standard InChI is InChI=1S/C11H12N8/c1-11(16-18-13,6-15-17-12)7-19-8-14-9-4-2-3-5-10(9)19/h2-5,8H,6-7H2,1H3. The molecule has 1 unspecified atom stereocenters. The fourth-order valence-electron chi connectivity index (χ4n) is 1.91. The Morgan fingerprint density at radius 1 is 1.32 bits per heavy atom. The third-order valence-electron chi connectivity index (χ3n) is 2.80. The summed E-state index contributed by atoms with van der Waals surface area (Å²) < 4.78 is 1.89. The number of benzene rings is 1. The molecule has 0 aliphatic rings. The van der Waals surface area contributed by atoms with Gasteiger partial charge in [0.15, 0.2) is 0 Å². The van der Waals surface area contributed by atoms with E-state index in [4.69, 9.17) is 11.1 Å². The van der Waals surface area contributed by atoms with Gasteiger partial charge in [0.2, 0.25) is 0 Å². The van der Waals surface area contributed by atoms with Crippen molar-refractivity contribution in [1.29, 1.82) is 0 Å². The molecular weight excluding hydrogens is 244 g/mol. The lowest BCUT2D eigenvalue weighted by atomic mass is 10.0. The second kappa shape index (κ2) is 5.30. The quantitative estimate of drug-likeness (QED) is 0.455. The second-order valence-electron chi connectivity index (χ2n) is 4.44. The molecule has 0 N–H and O–H groups in total. The average molecular weight is 256 g/mol. The maximum absolute atomic E-state index is 8.64. The third-order valence-corrected chi connectivity index (χ3v) is 2.80. The van der Waals surface area contributed by atoms with E-state index in [1.807, 2.05) is 28.8 Å². The van der Waals surface area contributed by atoms with Crippen LogP contribution in [0, 0.1) is 0 Å². The molecule has 1 atom stereocenters. The molecule has 1 aromatic carbocycles. The van der Waals surface area contributed by atoms with Gasteiger partial charge in [0.1, 0.15) is 0 Å². The number of rotatable bonds is 5. The Kier molecular flexibility index (Phi) is 3.56.